The molecule has 5 heteroatoms. The molecule has 1 atom stereocenters. The Balaban J connectivity index is 3.92. The number of ether oxygens (including phenoxy) is 1. The highest BCUT2D eigenvalue weighted by Gasteiger charge is 2.28. The summed E-state index contributed by atoms with van der Waals surface area (Å²) in [6.07, 6.45) is -0.649. The highest BCUT2D eigenvalue weighted by Crippen LogP contribution is 2.15. The van der Waals surface area contributed by atoms with E-state index in [1.54, 1.807) is 27.9 Å². The van der Waals surface area contributed by atoms with Crippen LogP contribution in [-0.4, -0.2) is 51.0 Å². The van der Waals surface area contributed by atoms with E-state index < -0.39 is 11.5 Å². The molecule has 0 radical (unpaired) electrons. The van der Waals surface area contributed by atoms with Crippen molar-refractivity contribution in [1.29, 1.82) is 0 Å². The molecule has 0 saturated heterocycles. The van der Waals surface area contributed by atoms with Gasteiger partial charge in [0.15, 0.2) is 0 Å². The molecule has 0 aliphatic heterocycles. The molecule has 0 spiro atoms. The van der Waals surface area contributed by atoms with Gasteiger partial charge >= 0.3 is 5.97 Å². The Bertz CT molecular complexity index is 195. The number of hydrogen-bond donors (Lipinski definition) is 3. The highest BCUT2D eigenvalue weighted by atomic mass is 16.5. The standard InChI is InChI=1S/C10H22N2O3/c1-10(2,7-12-4)9(14)15-6-8(13)5-11-3/h8,11-13H,5-7H2,1-4H3. The smallest absolute Gasteiger partial charge is 0.312 e. The zero-order valence-corrected chi connectivity index (χ0v) is 9.96. The number of esters is 1. The van der Waals surface area contributed by atoms with Crippen LogP contribution in [-0.2, 0) is 9.53 Å². The normalized spacial score (nSPS) is 13.7. The molecule has 0 heterocycles. The third-order valence-electron chi connectivity index (χ3n) is 2.02. The van der Waals surface area contributed by atoms with Crippen LogP contribution in [0.1, 0.15) is 13.8 Å². The third-order valence-corrected chi connectivity index (χ3v) is 2.02. The van der Waals surface area contributed by atoms with E-state index in [0.717, 1.165) is 0 Å². The van der Waals surface area contributed by atoms with Gasteiger partial charge in [0.25, 0.3) is 0 Å². The molecule has 0 rings (SSSR count). The second kappa shape index (κ2) is 6.76. The number of hydrogen-bond acceptors (Lipinski definition) is 5. The monoisotopic (exact) mass is 218 g/mol. The topological polar surface area (TPSA) is 70.6 Å². The van der Waals surface area contributed by atoms with Crippen LogP contribution in [0.2, 0.25) is 0 Å². The first-order valence-corrected chi connectivity index (χ1v) is 5.08. The van der Waals surface area contributed by atoms with Crippen LogP contribution in [0.5, 0.6) is 0 Å². The molecule has 0 aromatic rings. The molecule has 3 N–H and O–H groups in total. The largest absolute Gasteiger partial charge is 0.462 e. The van der Waals surface area contributed by atoms with Crippen molar-refractivity contribution in [3.63, 3.8) is 0 Å². The summed E-state index contributed by atoms with van der Waals surface area (Å²) >= 11 is 0. The van der Waals surface area contributed by atoms with Gasteiger partial charge in [-0.05, 0) is 27.9 Å². The molecule has 90 valence electrons. The van der Waals surface area contributed by atoms with E-state index in [2.05, 4.69) is 10.6 Å². The van der Waals surface area contributed by atoms with E-state index in [9.17, 15) is 9.90 Å². The molecule has 0 fully saturated rings. The first-order chi connectivity index (χ1) is 6.94. The van der Waals surface area contributed by atoms with Gasteiger partial charge in [-0.1, -0.05) is 0 Å². The van der Waals surface area contributed by atoms with E-state index in [4.69, 9.17) is 4.74 Å². The molecule has 0 aromatic heterocycles. The van der Waals surface area contributed by atoms with Crippen molar-refractivity contribution in [2.75, 3.05) is 33.8 Å². The summed E-state index contributed by atoms with van der Waals surface area (Å²) in [6, 6.07) is 0. The molecule has 5 nitrogen and oxygen atoms in total. The molecule has 0 aliphatic carbocycles. The summed E-state index contributed by atoms with van der Waals surface area (Å²) in [7, 11) is 3.51. The van der Waals surface area contributed by atoms with E-state index in [1.165, 1.54) is 0 Å². The van der Waals surface area contributed by atoms with E-state index in [0.29, 0.717) is 13.1 Å². The van der Waals surface area contributed by atoms with Gasteiger partial charge in [-0.25, -0.2) is 0 Å². The zero-order valence-electron chi connectivity index (χ0n) is 9.96. The fraction of sp³-hybridized carbons (Fsp3) is 0.900. The van der Waals surface area contributed by atoms with Crippen molar-refractivity contribution in [2.24, 2.45) is 5.41 Å². The number of rotatable bonds is 7. The minimum Gasteiger partial charge on any atom is -0.462 e. The minimum atomic E-state index is -0.649. The average Bonchev–Trinajstić information content (AvgIpc) is 2.14. The Hall–Kier alpha value is -0.650. The van der Waals surface area contributed by atoms with E-state index >= 15 is 0 Å². The van der Waals surface area contributed by atoms with Gasteiger partial charge < -0.3 is 20.5 Å². The van der Waals surface area contributed by atoms with E-state index in [-0.39, 0.29) is 12.6 Å². The predicted molar refractivity (Wildman–Crippen MR) is 58.6 cm³/mol. The maximum Gasteiger partial charge on any atom is 0.312 e. The fourth-order valence-corrected chi connectivity index (χ4v) is 1.18. The Kier molecular flexibility index (Phi) is 6.47. The second-order valence-corrected chi connectivity index (χ2v) is 4.22. The summed E-state index contributed by atoms with van der Waals surface area (Å²) in [5.74, 6) is -0.299. The van der Waals surface area contributed by atoms with Crippen molar-refractivity contribution in [3.8, 4) is 0 Å². The Labute approximate surface area is 91.2 Å². The van der Waals surface area contributed by atoms with Gasteiger partial charge in [0.05, 0.1) is 5.41 Å². The van der Waals surface area contributed by atoms with E-state index in [1.807, 2.05) is 0 Å². The van der Waals surface area contributed by atoms with Crippen LogP contribution in [0, 0.1) is 5.41 Å². The second-order valence-electron chi connectivity index (χ2n) is 4.22. The molecule has 0 aromatic carbocycles. The maximum absolute atomic E-state index is 11.6. The lowest BCUT2D eigenvalue weighted by atomic mass is 9.94. The lowest BCUT2D eigenvalue weighted by Gasteiger charge is -2.22. The quantitative estimate of drug-likeness (QED) is 0.496. The summed E-state index contributed by atoms with van der Waals surface area (Å²) < 4.78 is 5.00. The molecular formula is C10H22N2O3. The zero-order chi connectivity index (χ0) is 11.9. The van der Waals surface area contributed by atoms with Crippen LogP contribution in [0.4, 0.5) is 0 Å². The predicted octanol–water partition coefficient (Wildman–Crippen LogP) is -0.644. The molecule has 0 bridgehead atoms. The number of aliphatic hydroxyl groups excluding tert-OH is 1. The number of aliphatic hydroxyl groups is 1. The van der Waals surface area contributed by atoms with Crippen LogP contribution >= 0.6 is 0 Å². The van der Waals surface area contributed by atoms with Gasteiger partial charge in [0, 0.05) is 13.1 Å². The van der Waals surface area contributed by atoms with Crippen molar-refractivity contribution in [1.82, 2.24) is 10.6 Å². The van der Waals surface area contributed by atoms with Crippen molar-refractivity contribution < 1.29 is 14.6 Å². The summed E-state index contributed by atoms with van der Waals surface area (Å²) in [6.45, 7) is 4.60. The lowest BCUT2D eigenvalue weighted by Crippen LogP contribution is -2.38. The van der Waals surface area contributed by atoms with Gasteiger partial charge in [-0.2, -0.15) is 0 Å². The molecule has 0 saturated carbocycles. The summed E-state index contributed by atoms with van der Waals surface area (Å²) in [4.78, 5) is 11.6. The number of carbonyl (C=O) groups excluding carboxylic acids is 1. The van der Waals surface area contributed by atoms with Crippen molar-refractivity contribution in [2.45, 2.75) is 20.0 Å². The Morgan fingerprint density at radius 3 is 2.47 bits per heavy atom. The molecular weight excluding hydrogens is 196 g/mol. The Morgan fingerprint density at radius 2 is 2.00 bits per heavy atom. The van der Waals surface area contributed by atoms with Gasteiger partial charge in [0.2, 0.25) is 0 Å². The Morgan fingerprint density at radius 1 is 1.40 bits per heavy atom. The maximum atomic E-state index is 11.6. The van der Waals surface area contributed by atoms with Gasteiger partial charge in [-0.3, -0.25) is 4.79 Å². The van der Waals surface area contributed by atoms with Crippen LogP contribution < -0.4 is 10.6 Å². The molecule has 15 heavy (non-hydrogen) atoms. The van der Waals surface area contributed by atoms with Crippen molar-refractivity contribution in [3.05, 3.63) is 0 Å². The number of carbonyl (C=O) groups is 1. The van der Waals surface area contributed by atoms with Crippen LogP contribution in [0.15, 0.2) is 0 Å². The fourth-order valence-electron chi connectivity index (χ4n) is 1.18. The number of likely N-dealkylation sites (N-methyl/N-ethyl adjacent to an activating group) is 1. The first-order valence-electron chi connectivity index (χ1n) is 5.08. The van der Waals surface area contributed by atoms with Crippen LogP contribution in [0.25, 0.3) is 0 Å². The average molecular weight is 218 g/mol. The minimum absolute atomic E-state index is 0.0345. The third kappa shape index (κ3) is 5.71. The lowest BCUT2D eigenvalue weighted by molar-refractivity contribution is -0.156. The molecule has 0 aliphatic rings. The summed E-state index contributed by atoms with van der Waals surface area (Å²) in [5, 5.41) is 15.1. The van der Waals surface area contributed by atoms with Gasteiger partial charge in [-0.15, -0.1) is 0 Å². The van der Waals surface area contributed by atoms with Crippen molar-refractivity contribution >= 4 is 5.97 Å². The first kappa shape index (κ1) is 14.3. The van der Waals surface area contributed by atoms with Crippen LogP contribution in [0.3, 0.4) is 0 Å². The summed E-state index contributed by atoms with van der Waals surface area (Å²) in [5.41, 5.74) is -0.561. The van der Waals surface area contributed by atoms with Gasteiger partial charge in [0.1, 0.15) is 12.7 Å². The number of nitrogens with one attached hydrogen (secondary N) is 2. The SMILES string of the molecule is CNCC(O)COC(=O)C(C)(C)CNC. The highest BCUT2D eigenvalue weighted by molar-refractivity contribution is 5.76. The molecule has 0 amide bonds. The molecule has 1 unspecified atom stereocenters.